The summed E-state index contributed by atoms with van der Waals surface area (Å²) in [5.74, 6) is -0.00652. The monoisotopic (exact) mass is 221 g/mol. The minimum Gasteiger partial charge on any atom is -0.326 e. The van der Waals surface area contributed by atoms with Crippen molar-refractivity contribution in [1.29, 1.82) is 0 Å². The van der Waals surface area contributed by atoms with Crippen LogP contribution >= 0.6 is 0 Å². The molecule has 0 fully saturated rings. The fourth-order valence-corrected chi connectivity index (χ4v) is 1.48. The van der Waals surface area contributed by atoms with Crippen molar-refractivity contribution in [1.82, 2.24) is 0 Å². The number of amides is 1. The van der Waals surface area contributed by atoms with E-state index in [9.17, 15) is 4.79 Å². The quantitative estimate of drug-likeness (QED) is 0.823. The molecule has 0 aromatic heterocycles. The first kappa shape index (κ1) is 14.7. The van der Waals surface area contributed by atoms with Crippen molar-refractivity contribution in [2.75, 3.05) is 5.32 Å². The zero-order valence-electron chi connectivity index (χ0n) is 11.1. The molecule has 1 amide bonds. The van der Waals surface area contributed by atoms with Gasteiger partial charge >= 0.3 is 0 Å². The highest BCUT2D eigenvalue weighted by Gasteiger charge is 2.03. The zero-order chi connectivity index (χ0) is 12.6. The van der Waals surface area contributed by atoms with Crippen molar-refractivity contribution in [3.05, 3.63) is 29.3 Å². The molecular weight excluding hydrogens is 198 g/mol. The van der Waals surface area contributed by atoms with Crippen molar-refractivity contribution < 1.29 is 4.79 Å². The fourth-order valence-electron chi connectivity index (χ4n) is 1.48. The lowest BCUT2D eigenvalue weighted by Gasteiger charge is -2.09. The second kappa shape index (κ2) is 7.91. The second-order valence-corrected chi connectivity index (χ2v) is 3.59. The number of carbonyl (C=O) groups is 1. The minimum atomic E-state index is -0.00652. The molecule has 90 valence electrons. The first-order valence-electron chi connectivity index (χ1n) is 6.00. The smallest absolute Gasteiger partial charge is 0.221 e. The van der Waals surface area contributed by atoms with E-state index in [0.29, 0.717) is 0 Å². The van der Waals surface area contributed by atoms with Gasteiger partial charge in [0.25, 0.3) is 0 Å². The summed E-state index contributed by atoms with van der Waals surface area (Å²) in [6.45, 7) is 9.70. The first-order valence-corrected chi connectivity index (χ1v) is 6.00. The number of nitrogens with one attached hydrogen (secondary N) is 1. The summed E-state index contributed by atoms with van der Waals surface area (Å²) in [6.07, 6.45) is 2.10. The van der Waals surface area contributed by atoms with Crippen molar-refractivity contribution in [3.8, 4) is 0 Å². The first-order chi connectivity index (χ1) is 7.63. The van der Waals surface area contributed by atoms with Crippen LogP contribution in [0.15, 0.2) is 18.2 Å². The molecule has 1 aromatic rings. The van der Waals surface area contributed by atoms with Gasteiger partial charge in [-0.3, -0.25) is 4.79 Å². The van der Waals surface area contributed by atoms with Crippen molar-refractivity contribution in [2.24, 2.45) is 0 Å². The highest BCUT2D eigenvalue weighted by atomic mass is 16.1. The van der Waals surface area contributed by atoms with Crippen LogP contribution in [0.25, 0.3) is 0 Å². The Morgan fingerprint density at radius 1 is 1.31 bits per heavy atom. The Bertz CT molecular complexity index is 332. The molecule has 0 aliphatic rings. The van der Waals surface area contributed by atoms with E-state index in [1.54, 1.807) is 0 Å². The molecule has 0 aliphatic carbocycles. The van der Waals surface area contributed by atoms with Crippen LogP contribution in [0.4, 0.5) is 5.69 Å². The van der Waals surface area contributed by atoms with Crippen LogP contribution in [0.2, 0.25) is 0 Å². The minimum absolute atomic E-state index is 0.00652. The number of rotatable bonds is 3. The second-order valence-electron chi connectivity index (χ2n) is 3.59. The van der Waals surface area contributed by atoms with Gasteiger partial charge in [0, 0.05) is 12.6 Å². The molecule has 2 heteroatoms. The third-order valence-corrected chi connectivity index (χ3v) is 2.10. The lowest BCUT2D eigenvalue weighted by Crippen LogP contribution is -2.08. The summed E-state index contributed by atoms with van der Waals surface area (Å²) in [4.78, 5) is 11.0. The summed E-state index contributed by atoms with van der Waals surface area (Å²) >= 11 is 0. The van der Waals surface area contributed by atoms with Crippen molar-refractivity contribution in [2.45, 2.75) is 47.5 Å². The van der Waals surface area contributed by atoms with Gasteiger partial charge < -0.3 is 5.32 Å². The summed E-state index contributed by atoms with van der Waals surface area (Å²) in [5, 5.41) is 2.86. The molecule has 0 saturated carbocycles. The van der Waals surface area contributed by atoms with Gasteiger partial charge in [-0.1, -0.05) is 39.3 Å². The van der Waals surface area contributed by atoms with Crippen LogP contribution in [0.3, 0.4) is 0 Å². The third kappa shape index (κ3) is 4.96. The molecule has 1 rings (SSSR count). The number of hydrogen-bond acceptors (Lipinski definition) is 1. The molecule has 1 aromatic carbocycles. The van der Waals surface area contributed by atoms with E-state index in [1.165, 1.54) is 18.1 Å². The molecule has 0 radical (unpaired) electrons. The summed E-state index contributed by atoms with van der Waals surface area (Å²) < 4.78 is 0. The number of anilines is 1. The molecule has 16 heavy (non-hydrogen) atoms. The van der Waals surface area contributed by atoms with Gasteiger partial charge in [-0.15, -0.1) is 0 Å². The van der Waals surface area contributed by atoms with Crippen molar-refractivity contribution in [3.63, 3.8) is 0 Å². The SMILES string of the molecule is CC.CCCc1ccc(C)cc1NC(C)=O. The molecule has 0 bridgehead atoms. The number of carbonyl (C=O) groups excluding carboxylic acids is 1. The Balaban J connectivity index is 0.00000106. The average molecular weight is 221 g/mol. The topological polar surface area (TPSA) is 29.1 Å². The van der Waals surface area contributed by atoms with E-state index in [2.05, 4.69) is 24.4 Å². The molecule has 0 unspecified atom stereocenters. The van der Waals surface area contributed by atoms with Crippen LogP contribution in [0.1, 0.15) is 45.2 Å². The van der Waals surface area contributed by atoms with Crippen LogP contribution < -0.4 is 5.32 Å². The maximum Gasteiger partial charge on any atom is 0.221 e. The number of aryl methyl sites for hydroxylation is 2. The largest absolute Gasteiger partial charge is 0.326 e. The maximum atomic E-state index is 11.0. The van der Waals surface area contributed by atoms with Gasteiger partial charge in [-0.25, -0.2) is 0 Å². The van der Waals surface area contributed by atoms with Crippen molar-refractivity contribution >= 4 is 11.6 Å². The Hall–Kier alpha value is -1.31. The Labute approximate surface area is 99.1 Å². The molecular formula is C14H23NO. The lowest BCUT2D eigenvalue weighted by molar-refractivity contribution is -0.114. The van der Waals surface area contributed by atoms with Gasteiger partial charge in [0.05, 0.1) is 0 Å². The fraction of sp³-hybridized carbons (Fsp3) is 0.500. The van der Waals surface area contributed by atoms with Gasteiger partial charge in [-0.05, 0) is 30.5 Å². The van der Waals surface area contributed by atoms with E-state index in [-0.39, 0.29) is 5.91 Å². The lowest BCUT2D eigenvalue weighted by atomic mass is 10.1. The van der Waals surface area contributed by atoms with E-state index in [1.807, 2.05) is 26.8 Å². The van der Waals surface area contributed by atoms with Gasteiger partial charge in [-0.2, -0.15) is 0 Å². The number of benzene rings is 1. The highest BCUT2D eigenvalue weighted by molar-refractivity contribution is 5.89. The van der Waals surface area contributed by atoms with E-state index < -0.39 is 0 Å². The van der Waals surface area contributed by atoms with Crippen LogP contribution in [0.5, 0.6) is 0 Å². The van der Waals surface area contributed by atoms with Crippen LogP contribution in [-0.2, 0) is 11.2 Å². The normalized spacial score (nSPS) is 9.06. The molecule has 1 N–H and O–H groups in total. The summed E-state index contributed by atoms with van der Waals surface area (Å²) in [7, 11) is 0. The molecule has 2 nitrogen and oxygen atoms in total. The zero-order valence-corrected chi connectivity index (χ0v) is 11.1. The summed E-state index contributed by atoms with van der Waals surface area (Å²) in [5.41, 5.74) is 3.35. The van der Waals surface area contributed by atoms with Gasteiger partial charge in [0.2, 0.25) is 5.91 Å². The Morgan fingerprint density at radius 3 is 2.44 bits per heavy atom. The van der Waals surface area contributed by atoms with Crippen LogP contribution in [-0.4, -0.2) is 5.91 Å². The summed E-state index contributed by atoms with van der Waals surface area (Å²) in [6, 6.07) is 6.19. The van der Waals surface area contributed by atoms with Gasteiger partial charge in [0.15, 0.2) is 0 Å². The molecule has 0 saturated heterocycles. The molecule has 0 aliphatic heterocycles. The van der Waals surface area contributed by atoms with E-state index in [0.717, 1.165) is 18.5 Å². The molecule has 0 atom stereocenters. The third-order valence-electron chi connectivity index (χ3n) is 2.10. The van der Waals surface area contributed by atoms with Gasteiger partial charge in [0.1, 0.15) is 0 Å². The van der Waals surface area contributed by atoms with E-state index >= 15 is 0 Å². The maximum absolute atomic E-state index is 11.0. The highest BCUT2D eigenvalue weighted by Crippen LogP contribution is 2.19. The Morgan fingerprint density at radius 2 is 1.94 bits per heavy atom. The predicted molar refractivity (Wildman–Crippen MR) is 70.8 cm³/mol. The molecule has 0 spiro atoms. The van der Waals surface area contributed by atoms with Crippen LogP contribution in [0, 0.1) is 6.92 Å². The number of hydrogen-bond donors (Lipinski definition) is 1. The van der Waals surface area contributed by atoms with E-state index in [4.69, 9.17) is 0 Å². The standard InChI is InChI=1S/C12H17NO.C2H6/c1-4-5-11-7-6-9(2)8-12(11)13-10(3)14;1-2/h6-8H,4-5H2,1-3H3,(H,13,14);1-2H3. The average Bonchev–Trinajstić information content (AvgIpc) is 2.24. The molecule has 0 heterocycles. The Kier molecular flexibility index (Phi) is 7.27. The predicted octanol–water partition coefficient (Wildman–Crippen LogP) is 3.93.